The van der Waals surface area contributed by atoms with Crippen LogP contribution in [0.2, 0.25) is 0 Å². The highest BCUT2D eigenvalue weighted by molar-refractivity contribution is 5.42. The van der Waals surface area contributed by atoms with Crippen LogP contribution < -0.4 is 14.8 Å². The summed E-state index contributed by atoms with van der Waals surface area (Å²) in [4.78, 5) is 0. The average Bonchev–Trinajstić information content (AvgIpc) is 3.04. The van der Waals surface area contributed by atoms with E-state index >= 15 is 0 Å². The zero-order valence-electron chi connectivity index (χ0n) is 13.4. The molecule has 2 aromatic rings. The van der Waals surface area contributed by atoms with Gasteiger partial charge in [0, 0.05) is 19.4 Å². The van der Waals surface area contributed by atoms with Crippen LogP contribution in [-0.2, 0) is 12.8 Å². The molecule has 0 bridgehead atoms. The van der Waals surface area contributed by atoms with Gasteiger partial charge in [-0.1, -0.05) is 30.3 Å². The number of nitrogens with one attached hydrogen (secondary N) is 1. The lowest BCUT2D eigenvalue weighted by molar-refractivity contribution is 0.0662. The summed E-state index contributed by atoms with van der Waals surface area (Å²) >= 11 is 0. The van der Waals surface area contributed by atoms with Crippen LogP contribution in [0.15, 0.2) is 48.5 Å². The van der Waals surface area contributed by atoms with Crippen molar-refractivity contribution in [1.29, 1.82) is 0 Å². The van der Waals surface area contributed by atoms with E-state index in [9.17, 15) is 0 Å². The van der Waals surface area contributed by atoms with Gasteiger partial charge in [-0.3, -0.25) is 0 Å². The molecule has 1 fully saturated rings. The Morgan fingerprint density at radius 3 is 2.83 bits per heavy atom. The third-order valence-electron chi connectivity index (χ3n) is 4.92. The van der Waals surface area contributed by atoms with E-state index in [0.717, 1.165) is 50.3 Å². The molecule has 4 rings (SSSR count). The van der Waals surface area contributed by atoms with E-state index in [4.69, 9.17) is 9.47 Å². The van der Waals surface area contributed by atoms with Crippen molar-refractivity contribution in [3.8, 4) is 11.5 Å². The summed E-state index contributed by atoms with van der Waals surface area (Å²) in [5.41, 5.74) is 2.62. The van der Waals surface area contributed by atoms with Gasteiger partial charge in [-0.15, -0.1) is 0 Å². The van der Waals surface area contributed by atoms with Crippen LogP contribution in [0.3, 0.4) is 0 Å². The molecule has 3 nitrogen and oxygen atoms in total. The first-order chi connectivity index (χ1) is 11.3. The number of hydrogen-bond donors (Lipinski definition) is 1. The summed E-state index contributed by atoms with van der Waals surface area (Å²) in [5.74, 6) is 1.99. The van der Waals surface area contributed by atoms with Gasteiger partial charge < -0.3 is 14.8 Å². The standard InChI is InChI=1S/C20H23NO2/c1-2-4-16(5-3-1)9-13-22-18-6-7-19-17(14-18)8-10-20(23-19)11-12-21-15-20/h1-7,14,21H,8-13,15H2. The lowest BCUT2D eigenvalue weighted by Crippen LogP contribution is -2.41. The van der Waals surface area contributed by atoms with Crippen LogP contribution in [0.5, 0.6) is 11.5 Å². The zero-order valence-corrected chi connectivity index (χ0v) is 13.4. The van der Waals surface area contributed by atoms with E-state index in [1.807, 2.05) is 12.1 Å². The van der Waals surface area contributed by atoms with Crippen molar-refractivity contribution in [3.05, 3.63) is 59.7 Å². The van der Waals surface area contributed by atoms with Crippen LogP contribution in [0.25, 0.3) is 0 Å². The Morgan fingerprint density at radius 2 is 2.00 bits per heavy atom. The van der Waals surface area contributed by atoms with E-state index in [1.165, 1.54) is 11.1 Å². The Kier molecular flexibility index (Phi) is 3.96. The van der Waals surface area contributed by atoms with E-state index in [0.29, 0.717) is 6.61 Å². The summed E-state index contributed by atoms with van der Waals surface area (Å²) in [7, 11) is 0. The minimum absolute atomic E-state index is 0.0304. The number of fused-ring (bicyclic) bond motifs is 1. The lowest BCUT2D eigenvalue weighted by Gasteiger charge is -2.35. The fourth-order valence-electron chi connectivity index (χ4n) is 3.54. The molecule has 120 valence electrons. The van der Waals surface area contributed by atoms with Gasteiger partial charge in [-0.25, -0.2) is 0 Å². The van der Waals surface area contributed by atoms with Crippen molar-refractivity contribution in [2.24, 2.45) is 0 Å². The molecule has 0 aliphatic carbocycles. The number of hydrogen-bond acceptors (Lipinski definition) is 3. The summed E-state index contributed by atoms with van der Waals surface area (Å²) in [6, 6.07) is 16.7. The second-order valence-corrected chi connectivity index (χ2v) is 6.57. The quantitative estimate of drug-likeness (QED) is 0.939. The van der Waals surface area contributed by atoms with Gasteiger partial charge in [0.1, 0.15) is 17.1 Å². The van der Waals surface area contributed by atoms with Gasteiger partial charge in [0.25, 0.3) is 0 Å². The van der Waals surface area contributed by atoms with Crippen LogP contribution in [0.4, 0.5) is 0 Å². The largest absolute Gasteiger partial charge is 0.493 e. The Bertz CT molecular complexity index is 663. The molecule has 2 aliphatic heterocycles. The van der Waals surface area contributed by atoms with Crippen LogP contribution in [-0.4, -0.2) is 25.3 Å². The predicted octanol–water partition coefficient (Wildman–Crippen LogP) is 3.37. The summed E-state index contributed by atoms with van der Waals surface area (Å²) in [6.07, 6.45) is 4.22. The number of ether oxygens (including phenoxy) is 2. The molecule has 1 saturated heterocycles. The molecule has 2 heterocycles. The molecule has 0 amide bonds. The highest BCUT2D eigenvalue weighted by Crippen LogP contribution is 2.38. The van der Waals surface area contributed by atoms with E-state index in [1.54, 1.807) is 0 Å². The first-order valence-corrected chi connectivity index (χ1v) is 8.52. The van der Waals surface area contributed by atoms with Crippen molar-refractivity contribution < 1.29 is 9.47 Å². The van der Waals surface area contributed by atoms with Crippen molar-refractivity contribution >= 4 is 0 Å². The summed E-state index contributed by atoms with van der Waals surface area (Å²) in [6.45, 7) is 2.75. The molecule has 1 atom stereocenters. The van der Waals surface area contributed by atoms with Gasteiger partial charge >= 0.3 is 0 Å². The van der Waals surface area contributed by atoms with Crippen molar-refractivity contribution in [3.63, 3.8) is 0 Å². The lowest BCUT2D eigenvalue weighted by atomic mass is 9.90. The minimum atomic E-state index is 0.0304. The molecule has 0 aromatic heterocycles. The van der Waals surface area contributed by atoms with E-state index < -0.39 is 0 Å². The maximum absolute atomic E-state index is 6.29. The number of benzene rings is 2. The average molecular weight is 309 g/mol. The monoisotopic (exact) mass is 309 g/mol. The minimum Gasteiger partial charge on any atom is -0.493 e. The fourth-order valence-corrected chi connectivity index (χ4v) is 3.54. The summed E-state index contributed by atoms with van der Waals surface area (Å²) < 4.78 is 12.2. The van der Waals surface area contributed by atoms with Gasteiger partial charge in [0.2, 0.25) is 0 Å². The van der Waals surface area contributed by atoms with E-state index in [-0.39, 0.29) is 5.60 Å². The maximum Gasteiger partial charge on any atom is 0.123 e. The highest BCUT2D eigenvalue weighted by atomic mass is 16.5. The molecule has 23 heavy (non-hydrogen) atoms. The predicted molar refractivity (Wildman–Crippen MR) is 91.2 cm³/mol. The third-order valence-corrected chi connectivity index (χ3v) is 4.92. The Labute approximate surface area is 137 Å². The maximum atomic E-state index is 6.29. The first-order valence-electron chi connectivity index (χ1n) is 8.52. The first kappa shape index (κ1) is 14.6. The molecule has 0 radical (unpaired) electrons. The van der Waals surface area contributed by atoms with Crippen molar-refractivity contribution in [2.75, 3.05) is 19.7 Å². The third kappa shape index (κ3) is 3.20. The molecular weight excluding hydrogens is 286 g/mol. The SMILES string of the molecule is c1ccc(CCOc2ccc3c(c2)CCC2(CCNC2)O3)cc1. The van der Waals surface area contributed by atoms with Crippen LogP contribution >= 0.6 is 0 Å². The molecule has 2 aliphatic rings. The van der Waals surface area contributed by atoms with Gasteiger partial charge in [0.15, 0.2) is 0 Å². The molecule has 1 N–H and O–H groups in total. The highest BCUT2D eigenvalue weighted by Gasteiger charge is 2.39. The molecule has 2 aromatic carbocycles. The second kappa shape index (κ2) is 6.25. The Hall–Kier alpha value is -2.00. The van der Waals surface area contributed by atoms with Gasteiger partial charge in [-0.05, 0) is 48.7 Å². The topological polar surface area (TPSA) is 30.5 Å². The zero-order chi connectivity index (χ0) is 15.5. The van der Waals surface area contributed by atoms with Gasteiger partial charge in [-0.2, -0.15) is 0 Å². The van der Waals surface area contributed by atoms with Crippen molar-refractivity contribution in [1.82, 2.24) is 5.32 Å². The van der Waals surface area contributed by atoms with Crippen LogP contribution in [0.1, 0.15) is 24.0 Å². The molecule has 3 heteroatoms. The number of rotatable bonds is 4. The molecule has 0 saturated carbocycles. The summed E-state index contributed by atoms with van der Waals surface area (Å²) in [5, 5.41) is 3.42. The number of aryl methyl sites for hydroxylation is 1. The van der Waals surface area contributed by atoms with Crippen molar-refractivity contribution in [2.45, 2.75) is 31.3 Å². The molecule has 1 spiro atoms. The normalized spacial score (nSPS) is 22.6. The Balaban J connectivity index is 1.38. The van der Waals surface area contributed by atoms with Gasteiger partial charge in [0.05, 0.1) is 6.61 Å². The smallest absolute Gasteiger partial charge is 0.123 e. The molecular formula is C20H23NO2. The molecule has 1 unspecified atom stereocenters. The second-order valence-electron chi connectivity index (χ2n) is 6.57. The van der Waals surface area contributed by atoms with E-state index in [2.05, 4.69) is 41.7 Å². The Morgan fingerprint density at radius 1 is 1.09 bits per heavy atom. The van der Waals surface area contributed by atoms with Crippen LogP contribution in [0, 0.1) is 0 Å². The fraction of sp³-hybridized carbons (Fsp3) is 0.400.